The van der Waals surface area contributed by atoms with Crippen molar-refractivity contribution in [1.82, 2.24) is 0 Å². The molecule has 0 saturated carbocycles. The van der Waals surface area contributed by atoms with Crippen LogP contribution in [-0.2, 0) is 0 Å². The zero-order chi connectivity index (χ0) is 9.84. The Hall–Kier alpha value is 0.415. The van der Waals surface area contributed by atoms with Crippen LogP contribution in [0.4, 0.5) is 0 Å². The normalized spacial score (nSPS) is 29.8. The van der Waals surface area contributed by atoms with E-state index in [2.05, 4.69) is 38.6 Å². The Morgan fingerprint density at radius 2 is 2.15 bits per heavy atom. The molecule has 0 aromatic rings. The van der Waals surface area contributed by atoms with Crippen molar-refractivity contribution in [1.29, 1.82) is 0 Å². The molecule has 1 aliphatic heterocycles. The lowest BCUT2D eigenvalue weighted by atomic mass is 9.50. The third-order valence-corrected chi connectivity index (χ3v) is 4.95. The molecule has 1 fully saturated rings. The van der Waals surface area contributed by atoms with Crippen LogP contribution in [0.5, 0.6) is 0 Å². The molecule has 0 aliphatic carbocycles. The largest absolute Gasteiger partial charge is 0.213 e. The molecular formula is C11H23BS. The molecule has 2 heteroatoms. The van der Waals surface area contributed by atoms with E-state index in [0.717, 1.165) is 23.6 Å². The summed E-state index contributed by atoms with van der Waals surface area (Å²) in [5.74, 6) is 3.86. The van der Waals surface area contributed by atoms with Gasteiger partial charge in [-0.25, -0.2) is 11.6 Å². The van der Waals surface area contributed by atoms with E-state index in [1.54, 1.807) is 0 Å². The predicted molar refractivity (Wildman–Crippen MR) is 65.7 cm³/mol. The van der Waals surface area contributed by atoms with Gasteiger partial charge >= 0.3 is 0 Å². The zero-order valence-electron chi connectivity index (χ0n) is 9.55. The van der Waals surface area contributed by atoms with E-state index in [0.29, 0.717) is 0 Å². The second-order valence-electron chi connectivity index (χ2n) is 4.76. The zero-order valence-corrected chi connectivity index (χ0v) is 10.4. The Morgan fingerprint density at radius 3 is 2.62 bits per heavy atom. The van der Waals surface area contributed by atoms with Crippen molar-refractivity contribution in [2.24, 2.45) is 11.8 Å². The summed E-state index contributed by atoms with van der Waals surface area (Å²) in [7, 11) is 0. The molecule has 1 aliphatic rings. The smallest absolute Gasteiger partial charge is 0.212 e. The van der Waals surface area contributed by atoms with Crippen LogP contribution in [0.1, 0.15) is 40.0 Å². The van der Waals surface area contributed by atoms with Crippen molar-refractivity contribution in [3.05, 3.63) is 0 Å². The summed E-state index contributed by atoms with van der Waals surface area (Å²) in [5, 5.41) is 0. The van der Waals surface area contributed by atoms with Crippen LogP contribution in [0.25, 0.3) is 0 Å². The minimum Gasteiger partial charge on any atom is -0.213 e. The number of hydrogen-bond acceptors (Lipinski definition) is 1. The summed E-state index contributed by atoms with van der Waals surface area (Å²) < 4.78 is 0. The van der Waals surface area contributed by atoms with Crippen LogP contribution < -0.4 is 0 Å². The maximum Gasteiger partial charge on any atom is 0.212 e. The van der Waals surface area contributed by atoms with Gasteiger partial charge in [-0.15, -0.1) is 0 Å². The van der Waals surface area contributed by atoms with Crippen molar-refractivity contribution in [3.8, 4) is 0 Å². The van der Waals surface area contributed by atoms with E-state index in [1.165, 1.54) is 25.6 Å². The molecule has 1 saturated heterocycles. The van der Waals surface area contributed by atoms with Gasteiger partial charge in [-0.1, -0.05) is 52.2 Å². The molecule has 0 aromatic heterocycles. The van der Waals surface area contributed by atoms with E-state index in [1.807, 2.05) is 0 Å². The molecule has 2 atom stereocenters. The minimum atomic E-state index is 0.900. The molecule has 0 aromatic carbocycles. The topological polar surface area (TPSA) is 0 Å². The van der Waals surface area contributed by atoms with E-state index in [4.69, 9.17) is 0 Å². The van der Waals surface area contributed by atoms with E-state index < -0.39 is 0 Å². The fourth-order valence-electron chi connectivity index (χ4n) is 2.62. The predicted octanol–water partition coefficient (Wildman–Crippen LogP) is 4.19. The highest BCUT2D eigenvalue weighted by molar-refractivity contribution is 8.25. The Balaban J connectivity index is 2.47. The molecule has 0 nitrogen and oxygen atoms in total. The maximum atomic E-state index is 2.39. The number of rotatable bonds is 3. The van der Waals surface area contributed by atoms with Crippen LogP contribution in [-0.4, -0.2) is 12.2 Å². The Kier molecular flexibility index (Phi) is 4.71. The molecule has 1 rings (SSSR count). The van der Waals surface area contributed by atoms with Crippen LogP contribution in [0.3, 0.4) is 0 Å². The van der Waals surface area contributed by atoms with Crippen LogP contribution in [0.2, 0.25) is 12.1 Å². The van der Waals surface area contributed by atoms with Gasteiger partial charge in [-0.05, 0) is 18.1 Å². The molecule has 76 valence electrons. The first-order valence-corrected chi connectivity index (χ1v) is 7.00. The van der Waals surface area contributed by atoms with Gasteiger partial charge in [0.2, 0.25) is 5.99 Å². The lowest BCUT2D eigenvalue weighted by Gasteiger charge is -2.34. The summed E-state index contributed by atoms with van der Waals surface area (Å²) in [4.78, 5) is 0. The quantitative estimate of drug-likeness (QED) is 0.613. The molecule has 13 heavy (non-hydrogen) atoms. The summed E-state index contributed by atoms with van der Waals surface area (Å²) in [6.45, 7) is 7.13. The van der Waals surface area contributed by atoms with Crippen LogP contribution in [0.15, 0.2) is 0 Å². The fourth-order valence-corrected chi connectivity index (χ4v) is 3.68. The van der Waals surface area contributed by atoms with Gasteiger partial charge in [0.1, 0.15) is 0 Å². The second kappa shape index (κ2) is 5.33. The Labute approximate surface area is 88.2 Å². The van der Waals surface area contributed by atoms with Crippen molar-refractivity contribution in [3.63, 3.8) is 0 Å². The Bertz CT molecular complexity index is 147. The lowest BCUT2D eigenvalue weighted by Crippen LogP contribution is -2.27. The van der Waals surface area contributed by atoms with E-state index in [-0.39, 0.29) is 0 Å². The third kappa shape index (κ3) is 2.94. The van der Waals surface area contributed by atoms with E-state index >= 15 is 0 Å². The molecular weight excluding hydrogens is 175 g/mol. The van der Waals surface area contributed by atoms with Crippen molar-refractivity contribution < 1.29 is 0 Å². The van der Waals surface area contributed by atoms with Gasteiger partial charge in [-0.2, -0.15) is 0 Å². The summed E-state index contributed by atoms with van der Waals surface area (Å²) in [6.07, 6.45) is 8.08. The third-order valence-electron chi connectivity index (χ3n) is 3.72. The van der Waals surface area contributed by atoms with Gasteiger partial charge in [0.25, 0.3) is 0 Å². The Morgan fingerprint density at radius 1 is 1.46 bits per heavy atom. The van der Waals surface area contributed by atoms with Gasteiger partial charge in [0, 0.05) is 0 Å². The lowest BCUT2D eigenvalue weighted by molar-refractivity contribution is 0.324. The molecule has 1 heterocycles. The first kappa shape index (κ1) is 11.5. The minimum absolute atomic E-state index is 0.900. The summed E-state index contributed by atoms with van der Waals surface area (Å²) in [6, 6.07) is 0. The first-order chi connectivity index (χ1) is 6.19. The monoisotopic (exact) mass is 198 g/mol. The van der Waals surface area contributed by atoms with Gasteiger partial charge in [0.15, 0.2) is 0 Å². The fraction of sp³-hybridized carbons (Fsp3) is 1.00. The molecule has 0 radical (unpaired) electrons. The highest BCUT2D eigenvalue weighted by Gasteiger charge is 2.32. The average Bonchev–Trinajstić information content (AvgIpc) is 2.16. The second-order valence-corrected chi connectivity index (χ2v) is 5.84. The van der Waals surface area contributed by atoms with Crippen LogP contribution in [0, 0.1) is 11.8 Å². The highest BCUT2D eigenvalue weighted by Crippen LogP contribution is 2.41. The molecule has 2 unspecified atom stereocenters. The molecule has 0 N–H and O–H groups in total. The molecule has 0 amide bonds. The van der Waals surface area contributed by atoms with Gasteiger partial charge < -0.3 is 0 Å². The molecule has 0 bridgehead atoms. The molecule has 0 spiro atoms. The standard InChI is InChI=1S/C11H23BS/c1-5-11-8-10(9(2)3)6-7-12(11)13-4/h9-11H,5-8H2,1-4H3. The van der Waals surface area contributed by atoms with Gasteiger partial charge in [0.05, 0.1) is 0 Å². The van der Waals surface area contributed by atoms with Crippen molar-refractivity contribution in [2.75, 3.05) is 6.26 Å². The average molecular weight is 198 g/mol. The van der Waals surface area contributed by atoms with Crippen LogP contribution >= 0.6 is 11.6 Å². The van der Waals surface area contributed by atoms with Gasteiger partial charge in [-0.3, -0.25) is 0 Å². The summed E-state index contributed by atoms with van der Waals surface area (Å²) in [5.41, 5.74) is 0. The van der Waals surface area contributed by atoms with E-state index in [9.17, 15) is 0 Å². The first-order valence-electron chi connectivity index (χ1n) is 5.71. The van der Waals surface area contributed by atoms with Crippen molar-refractivity contribution >= 4 is 17.6 Å². The van der Waals surface area contributed by atoms with Crippen molar-refractivity contribution in [2.45, 2.75) is 52.2 Å². The maximum absolute atomic E-state index is 2.39. The highest BCUT2D eigenvalue weighted by atomic mass is 32.2. The SMILES string of the molecule is CCC1CC(C(C)C)CCB1SC. The number of hydrogen-bond donors (Lipinski definition) is 0. The summed E-state index contributed by atoms with van der Waals surface area (Å²) >= 11 is 2.09.